The highest BCUT2D eigenvalue weighted by atomic mass is 35.5. The van der Waals surface area contributed by atoms with Crippen LogP contribution in [0.3, 0.4) is 0 Å². The van der Waals surface area contributed by atoms with Crippen molar-refractivity contribution in [1.29, 1.82) is 0 Å². The second-order valence-corrected chi connectivity index (χ2v) is 6.23. The molecule has 0 aliphatic carbocycles. The van der Waals surface area contributed by atoms with E-state index >= 15 is 0 Å². The van der Waals surface area contributed by atoms with E-state index in [1.165, 1.54) is 18.4 Å². The monoisotopic (exact) mass is 321 g/mol. The summed E-state index contributed by atoms with van der Waals surface area (Å²) in [6.45, 7) is 4.35. The molecular weight excluding hydrogens is 301 g/mol. The first-order valence-corrected chi connectivity index (χ1v) is 8.08. The van der Waals surface area contributed by atoms with Crippen LogP contribution in [0.25, 0.3) is 11.1 Å². The zero-order valence-corrected chi connectivity index (χ0v) is 14.1. The van der Waals surface area contributed by atoms with E-state index in [2.05, 4.69) is 43.1 Å². The Balaban J connectivity index is 2.06. The lowest BCUT2D eigenvalue weighted by Crippen LogP contribution is -2.18. The smallest absolute Gasteiger partial charge is 0.0598 e. The first-order valence-electron chi connectivity index (χ1n) is 7.33. The van der Waals surface area contributed by atoms with Crippen molar-refractivity contribution in [2.75, 3.05) is 13.6 Å². The summed E-state index contributed by atoms with van der Waals surface area (Å²) in [6.07, 6.45) is 2.48. The molecule has 0 saturated heterocycles. The number of unbranched alkanes of at least 4 members (excludes halogenated alkanes) is 1. The first-order chi connectivity index (χ1) is 10.1. The summed E-state index contributed by atoms with van der Waals surface area (Å²) in [7, 11) is 2.17. The fraction of sp³-hybridized carbons (Fsp3) is 0.333. The number of benzene rings is 2. The van der Waals surface area contributed by atoms with E-state index in [1.54, 1.807) is 0 Å². The minimum atomic E-state index is 0.592. The van der Waals surface area contributed by atoms with Crippen molar-refractivity contribution < 1.29 is 0 Å². The number of hydrogen-bond acceptors (Lipinski definition) is 1. The van der Waals surface area contributed by atoms with Gasteiger partial charge in [-0.15, -0.1) is 0 Å². The maximum Gasteiger partial charge on any atom is 0.0598 e. The van der Waals surface area contributed by atoms with E-state index in [0.717, 1.165) is 24.2 Å². The normalized spacial score (nSPS) is 11.1. The van der Waals surface area contributed by atoms with Gasteiger partial charge in [0.05, 0.1) is 10.0 Å². The van der Waals surface area contributed by atoms with E-state index in [9.17, 15) is 0 Å². The molecule has 0 spiro atoms. The molecule has 0 saturated carbocycles. The summed E-state index contributed by atoms with van der Waals surface area (Å²) in [6, 6.07) is 14.4. The fourth-order valence-electron chi connectivity index (χ4n) is 2.30. The molecule has 0 aliphatic rings. The maximum atomic E-state index is 6.07. The second kappa shape index (κ2) is 7.84. The van der Waals surface area contributed by atoms with Crippen molar-refractivity contribution in [2.24, 2.45) is 0 Å². The topological polar surface area (TPSA) is 3.24 Å². The average Bonchev–Trinajstić information content (AvgIpc) is 2.49. The van der Waals surface area contributed by atoms with Gasteiger partial charge in [0.1, 0.15) is 0 Å². The summed E-state index contributed by atoms with van der Waals surface area (Å²) in [5, 5.41) is 1.19. The zero-order chi connectivity index (χ0) is 15.2. The van der Waals surface area contributed by atoms with Crippen molar-refractivity contribution in [3.05, 3.63) is 58.1 Å². The van der Waals surface area contributed by atoms with Gasteiger partial charge in [0.15, 0.2) is 0 Å². The van der Waals surface area contributed by atoms with Gasteiger partial charge in [-0.05, 0) is 48.8 Å². The fourth-order valence-corrected chi connectivity index (χ4v) is 2.60. The third-order valence-corrected chi connectivity index (χ3v) is 4.29. The van der Waals surface area contributed by atoms with E-state index in [4.69, 9.17) is 23.2 Å². The first kappa shape index (κ1) is 16.4. The van der Waals surface area contributed by atoms with Crippen LogP contribution < -0.4 is 0 Å². The third kappa shape index (κ3) is 4.74. The summed E-state index contributed by atoms with van der Waals surface area (Å²) in [5.41, 5.74) is 3.58. The van der Waals surface area contributed by atoms with Gasteiger partial charge in [-0.25, -0.2) is 0 Å². The van der Waals surface area contributed by atoms with E-state index in [0.29, 0.717) is 10.0 Å². The molecule has 0 radical (unpaired) electrons. The van der Waals surface area contributed by atoms with Crippen molar-refractivity contribution >= 4 is 23.2 Å². The highest BCUT2D eigenvalue weighted by molar-refractivity contribution is 6.42. The Kier molecular flexibility index (Phi) is 6.10. The largest absolute Gasteiger partial charge is 0.302 e. The van der Waals surface area contributed by atoms with Gasteiger partial charge in [-0.3, -0.25) is 0 Å². The standard InChI is InChI=1S/C18H21Cl2N/c1-3-4-11-21(2)13-14-5-7-15(8-6-14)16-9-10-17(19)18(20)12-16/h5-10,12H,3-4,11,13H2,1-2H3. The number of rotatable bonds is 6. The van der Waals surface area contributed by atoms with Crippen LogP contribution in [0.2, 0.25) is 10.0 Å². The Bertz CT molecular complexity index is 578. The Hall–Kier alpha value is -1.02. The average molecular weight is 322 g/mol. The number of hydrogen-bond donors (Lipinski definition) is 0. The SMILES string of the molecule is CCCCN(C)Cc1ccc(-c2ccc(Cl)c(Cl)c2)cc1. The van der Waals surface area contributed by atoms with Crippen molar-refractivity contribution in [2.45, 2.75) is 26.3 Å². The lowest BCUT2D eigenvalue weighted by Gasteiger charge is -2.16. The van der Waals surface area contributed by atoms with Gasteiger partial charge in [-0.1, -0.05) is 66.9 Å². The molecule has 0 unspecified atom stereocenters. The quantitative estimate of drug-likeness (QED) is 0.641. The lowest BCUT2D eigenvalue weighted by atomic mass is 10.0. The summed E-state index contributed by atoms with van der Waals surface area (Å²) >= 11 is 12.0. The molecule has 2 rings (SSSR count). The molecule has 0 fully saturated rings. The maximum absolute atomic E-state index is 6.07. The Labute approximate surface area is 137 Å². The van der Waals surface area contributed by atoms with Crippen LogP contribution in [0.15, 0.2) is 42.5 Å². The molecular formula is C18H21Cl2N. The summed E-state index contributed by atoms with van der Waals surface area (Å²) in [4.78, 5) is 2.36. The molecule has 0 aliphatic heterocycles. The third-order valence-electron chi connectivity index (χ3n) is 3.55. The van der Waals surface area contributed by atoms with Crippen LogP contribution in [-0.4, -0.2) is 18.5 Å². The molecule has 0 atom stereocenters. The Morgan fingerprint density at radius 1 is 0.905 bits per heavy atom. The molecule has 2 aromatic carbocycles. The van der Waals surface area contributed by atoms with E-state index < -0.39 is 0 Å². The minimum absolute atomic E-state index is 0.592. The van der Waals surface area contributed by atoms with E-state index in [-0.39, 0.29) is 0 Å². The second-order valence-electron chi connectivity index (χ2n) is 5.42. The molecule has 0 heterocycles. The summed E-state index contributed by atoms with van der Waals surface area (Å²) in [5.74, 6) is 0. The van der Waals surface area contributed by atoms with Crippen LogP contribution in [0.5, 0.6) is 0 Å². The van der Waals surface area contributed by atoms with Gasteiger partial charge in [-0.2, -0.15) is 0 Å². The minimum Gasteiger partial charge on any atom is -0.302 e. The van der Waals surface area contributed by atoms with Crippen molar-refractivity contribution in [1.82, 2.24) is 4.90 Å². The number of nitrogens with zero attached hydrogens (tertiary/aromatic N) is 1. The van der Waals surface area contributed by atoms with Crippen LogP contribution in [-0.2, 0) is 6.54 Å². The number of halogens is 2. The molecule has 112 valence electrons. The van der Waals surface area contributed by atoms with Crippen LogP contribution >= 0.6 is 23.2 Å². The highest BCUT2D eigenvalue weighted by Crippen LogP contribution is 2.28. The van der Waals surface area contributed by atoms with Crippen LogP contribution in [0.1, 0.15) is 25.3 Å². The molecule has 3 heteroatoms. The Morgan fingerprint density at radius 2 is 1.57 bits per heavy atom. The highest BCUT2D eigenvalue weighted by Gasteiger charge is 2.04. The van der Waals surface area contributed by atoms with Gasteiger partial charge >= 0.3 is 0 Å². The molecule has 0 N–H and O–H groups in total. The lowest BCUT2D eigenvalue weighted by molar-refractivity contribution is 0.321. The van der Waals surface area contributed by atoms with Crippen LogP contribution in [0.4, 0.5) is 0 Å². The van der Waals surface area contributed by atoms with Crippen LogP contribution in [0, 0.1) is 0 Å². The molecule has 2 aromatic rings. The van der Waals surface area contributed by atoms with Gasteiger partial charge in [0.25, 0.3) is 0 Å². The predicted octanol–water partition coefficient (Wildman–Crippen LogP) is 5.89. The van der Waals surface area contributed by atoms with Gasteiger partial charge in [0, 0.05) is 6.54 Å². The molecule has 0 aromatic heterocycles. The van der Waals surface area contributed by atoms with Crippen molar-refractivity contribution in [3.63, 3.8) is 0 Å². The van der Waals surface area contributed by atoms with Crippen molar-refractivity contribution in [3.8, 4) is 11.1 Å². The van der Waals surface area contributed by atoms with Gasteiger partial charge in [0.2, 0.25) is 0 Å². The Morgan fingerprint density at radius 3 is 2.19 bits per heavy atom. The van der Waals surface area contributed by atoms with E-state index in [1.807, 2.05) is 18.2 Å². The van der Waals surface area contributed by atoms with Gasteiger partial charge < -0.3 is 4.90 Å². The molecule has 21 heavy (non-hydrogen) atoms. The predicted molar refractivity (Wildman–Crippen MR) is 93.1 cm³/mol. The zero-order valence-electron chi connectivity index (χ0n) is 12.6. The molecule has 0 bridgehead atoms. The molecule has 1 nitrogen and oxygen atoms in total. The summed E-state index contributed by atoms with van der Waals surface area (Å²) < 4.78 is 0. The molecule has 0 amide bonds.